The Morgan fingerprint density at radius 3 is 2.21 bits per heavy atom. The van der Waals surface area contributed by atoms with Crippen LogP contribution in [0.3, 0.4) is 0 Å². The second-order valence-corrected chi connectivity index (χ2v) is 33.9. The van der Waals surface area contributed by atoms with Gasteiger partial charge in [0.2, 0.25) is 17.7 Å². The molecular formula is C78H107N13O6S2. The molecule has 2 unspecified atom stereocenters. The van der Waals surface area contributed by atoms with Gasteiger partial charge in [-0.05, 0) is 163 Å². The van der Waals surface area contributed by atoms with Gasteiger partial charge in [-0.1, -0.05) is 140 Å². The van der Waals surface area contributed by atoms with Crippen molar-refractivity contribution in [3.8, 4) is 21.6 Å². The van der Waals surface area contributed by atoms with E-state index < -0.39 is 23.6 Å². The van der Waals surface area contributed by atoms with E-state index in [-0.39, 0.29) is 65.2 Å². The number of fused-ring (bicyclic) bond motifs is 2. The van der Waals surface area contributed by atoms with E-state index in [0.717, 1.165) is 167 Å². The number of β-amino-alcohol motifs (C(OH)–C–C–N with tert-alkyl or cyclic N) is 1. The van der Waals surface area contributed by atoms with E-state index in [4.69, 9.17) is 24.9 Å². The van der Waals surface area contributed by atoms with Gasteiger partial charge in [-0.25, -0.2) is 15.0 Å². The molecule has 2 aliphatic heterocycles. The van der Waals surface area contributed by atoms with Gasteiger partial charge in [-0.15, -0.1) is 21.5 Å². The number of benzene rings is 2. The first-order valence-corrected chi connectivity index (χ1v) is 38.4. The number of nitrogens with one attached hydrogen (secondary N) is 3. The molecule has 5 N–H and O–H groups in total. The SMILES string of the molecule is Cc1ncsc1-c1ccc([C@H](C)NC(=O)[C@@H]2C[C@@H](O)CN2C(=O)[C@@H](NC(=O)CCCCCCCCCCCCCN(C)CCOC23CC4(C)CC(C)(CC(Cn5ncc(-c6ccc(N7CCCc8c7nnc(Nc7nc9ccccc9s7)c8C)nc6CO)c5C)(C4)C2)C3)C(C)(C)C)cc1. The summed E-state index contributed by atoms with van der Waals surface area (Å²) < 4.78 is 10.6. The van der Waals surface area contributed by atoms with Crippen molar-refractivity contribution in [3.05, 3.63) is 106 Å². The third-order valence-corrected chi connectivity index (χ3v) is 24.1. The van der Waals surface area contributed by atoms with E-state index in [9.17, 15) is 24.6 Å². The minimum atomic E-state index is -0.839. The van der Waals surface area contributed by atoms with Crippen LogP contribution in [0.5, 0.6) is 0 Å². The Kier molecular flexibility index (Phi) is 22.2. The van der Waals surface area contributed by atoms with Gasteiger partial charge in [0.1, 0.15) is 17.9 Å². The van der Waals surface area contributed by atoms with Crippen molar-refractivity contribution in [3.63, 3.8) is 0 Å². The third-order valence-electron chi connectivity index (χ3n) is 22.2. The lowest BCUT2D eigenvalue weighted by atomic mass is 9.39. The van der Waals surface area contributed by atoms with Crippen molar-refractivity contribution < 1.29 is 29.3 Å². The molecule has 1 saturated heterocycles. The van der Waals surface area contributed by atoms with Crippen molar-refractivity contribution >= 4 is 73.2 Å². The summed E-state index contributed by atoms with van der Waals surface area (Å²) in [6, 6.07) is 18.4. The van der Waals surface area contributed by atoms with E-state index in [1.807, 2.05) is 88.8 Å². The number of aliphatic hydroxyl groups excluding tert-OH is 2. The first-order chi connectivity index (χ1) is 47.4. The molecule has 532 valence electrons. The molecule has 5 aromatic heterocycles. The van der Waals surface area contributed by atoms with Crippen LogP contribution in [0.2, 0.25) is 0 Å². The Bertz CT molecular complexity index is 3920. The van der Waals surface area contributed by atoms with E-state index in [0.29, 0.717) is 17.9 Å². The number of likely N-dealkylation sites (N-methyl/N-ethyl adjacent to an activating group) is 1. The van der Waals surface area contributed by atoms with Gasteiger partial charge >= 0.3 is 0 Å². The number of amides is 3. The molecule has 5 fully saturated rings. The highest BCUT2D eigenvalue weighted by Gasteiger charge is 2.66. The number of likely N-dealkylation sites (tertiary alicyclic amines) is 1. The minimum Gasteiger partial charge on any atom is -0.391 e. The molecule has 19 nitrogen and oxygen atoms in total. The number of hydrogen-bond donors (Lipinski definition) is 5. The molecule has 7 aromatic rings. The topological polar surface area (TPSA) is 229 Å². The van der Waals surface area contributed by atoms with E-state index in [1.165, 1.54) is 69.1 Å². The molecule has 2 aromatic carbocycles. The zero-order chi connectivity index (χ0) is 69.9. The van der Waals surface area contributed by atoms with E-state index in [2.05, 4.69) is 93.5 Å². The molecule has 4 bridgehead atoms. The first kappa shape index (κ1) is 72.1. The van der Waals surface area contributed by atoms with Gasteiger partial charge < -0.3 is 45.6 Å². The van der Waals surface area contributed by atoms with Crippen LogP contribution in [0.25, 0.3) is 31.8 Å². The van der Waals surface area contributed by atoms with Crippen molar-refractivity contribution in [2.24, 2.45) is 21.7 Å². The number of carbonyl (C=O) groups excluding carboxylic acids is 3. The summed E-state index contributed by atoms with van der Waals surface area (Å²) in [5, 5.41) is 46.6. The van der Waals surface area contributed by atoms with Crippen LogP contribution in [-0.4, -0.2) is 136 Å². The number of carbonyl (C=O) groups is 3. The summed E-state index contributed by atoms with van der Waals surface area (Å²) >= 11 is 3.20. The lowest BCUT2D eigenvalue weighted by Gasteiger charge is -2.69. The lowest BCUT2D eigenvalue weighted by Crippen LogP contribution is -2.64. The second kappa shape index (κ2) is 30.4. The van der Waals surface area contributed by atoms with Crippen molar-refractivity contribution in [2.75, 3.05) is 50.1 Å². The third kappa shape index (κ3) is 16.6. The maximum Gasteiger partial charge on any atom is 0.246 e. The Balaban J connectivity index is 0.535. The van der Waals surface area contributed by atoms with Gasteiger partial charge in [-0.3, -0.25) is 19.1 Å². The van der Waals surface area contributed by atoms with Crippen LogP contribution < -0.4 is 20.9 Å². The van der Waals surface area contributed by atoms with Gasteiger partial charge in [-0.2, -0.15) is 5.10 Å². The number of anilines is 4. The normalized spacial score (nSPS) is 23.3. The molecular weight excluding hydrogens is 1280 g/mol. The fourth-order valence-electron chi connectivity index (χ4n) is 18.3. The minimum absolute atomic E-state index is 0.0432. The van der Waals surface area contributed by atoms with Crippen LogP contribution in [0.1, 0.15) is 210 Å². The largest absolute Gasteiger partial charge is 0.391 e. The summed E-state index contributed by atoms with van der Waals surface area (Å²) in [7, 11) is 2.25. The molecule has 13 rings (SSSR count). The monoisotopic (exact) mass is 1390 g/mol. The van der Waals surface area contributed by atoms with E-state index in [1.54, 1.807) is 22.7 Å². The maximum absolute atomic E-state index is 14.2. The molecule has 0 spiro atoms. The number of aliphatic hydroxyl groups is 2. The first-order valence-electron chi connectivity index (χ1n) is 36.7. The zero-order valence-electron chi connectivity index (χ0n) is 60.4. The average molecular weight is 1390 g/mol. The lowest BCUT2D eigenvalue weighted by molar-refractivity contribution is -0.248. The second-order valence-electron chi connectivity index (χ2n) is 32.0. The molecule has 99 heavy (non-hydrogen) atoms. The van der Waals surface area contributed by atoms with Gasteiger partial charge in [0, 0.05) is 67.0 Å². The number of hydrogen-bond acceptors (Lipinski definition) is 17. The number of aryl methyl sites for hydroxylation is 1. The fraction of sp³-hybridized carbons (Fsp3) is 0.603. The molecule has 4 aliphatic carbocycles. The molecule has 6 aliphatic rings. The van der Waals surface area contributed by atoms with Crippen LogP contribution >= 0.6 is 22.7 Å². The fourth-order valence-corrected chi connectivity index (χ4v) is 20.0. The van der Waals surface area contributed by atoms with Crippen molar-refractivity contribution in [1.82, 2.24) is 55.4 Å². The molecule has 4 saturated carbocycles. The smallest absolute Gasteiger partial charge is 0.246 e. The summed E-state index contributed by atoms with van der Waals surface area (Å²) in [6.07, 6.45) is 23.0. The summed E-state index contributed by atoms with van der Waals surface area (Å²) in [5.41, 5.74) is 11.4. The summed E-state index contributed by atoms with van der Waals surface area (Å²) in [6.45, 7) is 23.2. The molecule has 21 heteroatoms. The quantitative estimate of drug-likeness (QED) is 0.0255. The Morgan fingerprint density at radius 1 is 0.818 bits per heavy atom. The standard InChI is InChI=1S/C78H107N13O6S2/c1-51-58-25-24-36-89(70(58)87-86-69(51)85-73-83-61-26-21-22-27-64(61)99-73)65-34-33-59(62(42-92)82-65)60-40-80-91(54(60)4)49-77-44-75(8)43-76(9,45-77)47-78(46-75,48-77)97-38-37-88(10)35-23-19-17-15-13-11-12-14-16-18-20-28-66(94)84-68(74(5,6)7)72(96)90-41-57(93)39-63(90)71(95)81-52(2)55-29-31-56(32-30-55)67-53(3)79-50-98-67/h21-22,26-27,29-34,40,50,52,57,63,68,92-93H,11-20,23-25,28,35-39,41-49H2,1-10H3,(H,81,95)(H,84,94)(H,83,85,86)/t52-,57+,63-,68+,75?,76?,77?,78?/m0/s1. The predicted molar refractivity (Wildman–Crippen MR) is 395 cm³/mol. The highest BCUT2D eigenvalue weighted by Crippen LogP contribution is 2.72. The van der Waals surface area contributed by atoms with Gasteiger partial charge in [0.15, 0.2) is 16.8 Å². The summed E-state index contributed by atoms with van der Waals surface area (Å²) in [5.74, 6) is 1.46. The number of aromatic nitrogens is 7. The Morgan fingerprint density at radius 2 is 1.53 bits per heavy atom. The van der Waals surface area contributed by atoms with Crippen LogP contribution in [-0.2, 0) is 38.7 Å². The Labute approximate surface area is 594 Å². The number of rotatable bonds is 31. The van der Waals surface area contributed by atoms with Crippen molar-refractivity contribution in [2.45, 2.75) is 240 Å². The van der Waals surface area contributed by atoms with Gasteiger partial charge in [0.25, 0.3) is 0 Å². The highest BCUT2D eigenvalue weighted by molar-refractivity contribution is 7.22. The molecule has 7 heterocycles. The van der Waals surface area contributed by atoms with E-state index >= 15 is 0 Å². The van der Waals surface area contributed by atoms with Crippen LogP contribution in [0, 0.1) is 42.4 Å². The maximum atomic E-state index is 14.2. The zero-order valence-corrected chi connectivity index (χ0v) is 62.0. The number of nitrogens with zero attached hydrogens (tertiary/aromatic N) is 10. The van der Waals surface area contributed by atoms with Crippen LogP contribution in [0.15, 0.2) is 72.4 Å². The van der Waals surface area contributed by atoms with Crippen LogP contribution in [0.4, 0.5) is 22.6 Å². The van der Waals surface area contributed by atoms with Gasteiger partial charge in [0.05, 0.1) is 69.1 Å². The average Bonchev–Trinajstić information content (AvgIpc) is 1.25. The van der Waals surface area contributed by atoms with Crippen molar-refractivity contribution in [1.29, 1.82) is 0 Å². The number of pyridine rings is 1. The highest BCUT2D eigenvalue weighted by atomic mass is 32.1. The molecule has 0 radical (unpaired) electrons. The number of ether oxygens (including phenoxy) is 1. The number of para-hydroxylation sites is 1. The number of unbranched alkanes of at least 4 members (excludes halogenated alkanes) is 10. The molecule has 6 atom stereocenters. The predicted octanol–water partition coefficient (Wildman–Crippen LogP) is 14.8. The summed E-state index contributed by atoms with van der Waals surface area (Å²) in [4.78, 5) is 62.8. The number of thiazole rings is 2. The Hall–Kier alpha value is -6.75. The molecule has 3 amide bonds.